The van der Waals surface area contributed by atoms with E-state index in [0.29, 0.717) is 19.7 Å². The highest BCUT2D eigenvalue weighted by atomic mass is 16.5. The Morgan fingerprint density at radius 1 is 1.36 bits per heavy atom. The third-order valence-electron chi connectivity index (χ3n) is 4.27. The summed E-state index contributed by atoms with van der Waals surface area (Å²) in [5.74, 6) is -0.159. The van der Waals surface area contributed by atoms with Gasteiger partial charge in [-0.05, 0) is 25.5 Å². The molecule has 0 saturated carbocycles. The number of nitrogens with zero attached hydrogens (tertiary/aromatic N) is 3. The quantitative estimate of drug-likeness (QED) is 0.606. The van der Waals surface area contributed by atoms with Crippen molar-refractivity contribution >= 4 is 5.97 Å². The van der Waals surface area contributed by atoms with E-state index >= 15 is 0 Å². The van der Waals surface area contributed by atoms with Gasteiger partial charge in [0.1, 0.15) is 0 Å². The number of hydrogen-bond acceptors (Lipinski definition) is 4. The van der Waals surface area contributed by atoms with Crippen LogP contribution in [0.5, 0.6) is 0 Å². The summed E-state index contributed by atoms with van der Waals surface area (Å²) in [4.78, 5) is 14.7. The van der Waals surface area contributed by atoms with E-state index in [2.05, 4.69) is 29.1 Å². The highest BCUT2D eigenvalue weighted by Gasteiger charge is 2.61. The minimum Gasteiger partial charge on any atom is -0.465 e. The first-order chi connectivity index (χ1) is 10.7. The summed E-state index contributed by atoms with van der Waals surface area (Å²) < 4.78 is 7.11. The van der Waals surface area contributed by atoms with Gasteiger partial charge in [0.15, 0.2) is 5.54 Å². The normalized spacial score (nSPS) is 24.7. The van der Waals surface area contributed by atoms with Crippen LogP contribution in [0.4, 0.5) is 0 Å². The molecule has 22 heavy (non-hydrogen) atoms. The zero-order valence-corrected chi connectivity index (χ0v) is 13.0. The van der Waals surface area contributed by atoms with Crippen molar-refractivity contribution in [2.24, 2.45) is 0 Å². The van der Waals surface area contributed by atoms with Crippen molar-refractivity contribution in [3.05, 3.63) is 54.4 Å². The third-order valence-corrected chi connectivity index (χ3v) is 4.27. The van der Waals surface area contributed by atoms with E-state index in [1.807, 2.05) is 37.4 Å². The summed E-state index contributed by atoms with van der Waals surface area (Å²) in [6, 6.07) is 12.3. The number of carbonyl (C=O) groups excluding carboxylic acids is 1. The minimum absolute atomic E-state index is 0.159. The minimum atomic E-state index is -0.600. The monoisotopic (exact) mass is 299 g/mol. The average Bonchev–Trinajstić information content (AvgIpc) is 3.03. The first-order valence-electron chi connectivity index (χ1n) is 7.64. The van der Waals surface area contributed by atoms with E-state index in [1.165, 1.54) is 5.56 Å². The Kier molecular flexibility index (Phi) is 3.98. The molecule has 116 valence electrons. The molecule has 5 heteroatoms. The van der Waals surface area contributed by atoms with Gasteiger partial charge >= 0.3 is 5.97 Å². The number of aromatic nitrogens is 2. The molecule has 2 heterocycles. The standard InChI is InChI=1S/C17H21N3O2/c1-3-22-16(21)17(12-19-11-7-10-18-19)13-20(17)14(2)15-8-5-4-6-9-15/h4-11,14H,3,12-13H2,1-2H3. The van der Waals surface area contributed by atoms with Crippen molar-refractivity contribution in [2.45, 2.75) is 32.0 Å². The first-order valence-corrected chi connectivity index (χ1v) is 7.64. The summed E-state index contributed by atoms with van der Waals surface area (Å²) in [5, 5.41) is 4.23. The van der Waals surface area contributed by atoms with Crippen LogP contribution < -0.4 is 0 Å². The lowest BCUT2D eigenvalue weighted by atomic mass is 10.1. The number of carbonyl (C=O) groups is 1. The van der Waals surface area contributed by atoms with Crippen molar-refractivity contribution in [1.82, 2.24) is 14.7 Å². The van der Waals surface area contributed by atoms with Crippen LogP contribution in [0.2, 0.25) is 0 Å². The van der Waals surface area contributed by atoms with Gasteiger partial charge in [0.05, 0.1) is 13.2 Å². The smallest absolute Gasteiger partial charge is 0.329 e. The molecule has 1 aromatic carbocycles. The fraction of sp³-hybridized carbons (Fsp3) is 0.412. The number of esters is 1. The van der Waals surface area contributed by atoms with Crippen LogP contribution in [0.25, 0.3) is 0 Å². The predicted molar refractivity (Wildman–Crippen MR) is 83.2 cm³/mol. The summed E-state index contributed by atoms with van der Waals surface area (Å²) >= 11 is 0. The molecule has 3 rings (SSSR count). The first kappa shape index (κ1) is 14.8. The van der Waals surface area contributed by atoms with Crippen molar-refractivity contribution in [3.63, 3.8) is 0 Å². The molecular weight excluding hydrogens is 278 g/mol. The lowest BCUT2D eigenvalue weighted by Gasteiger charge is -2.21. The molecule has 0 radical (unpaired) electrons. The van der Waals surface area contributed by atoms with E-state index in [-0.39, 0.29) is 12.0 Å². The molecular formula is C17H21N3O2. The second-order valence-electron chi connectivity index (χ2n) is 5.67. The van der Waals surface area contributed by atoms with Gasteiger partial charge in [-0.25, -0.2) is 4.79 Å². The van der Waals surface area contributed by atoms with Gasteiger partial charge in [0.25, 0.3) is 0 Å². The van der Waals surface area contributed by atoms with E-state index in [9.17, 15) is 4.79 Å². The molecule has 3 unspecified atom stereocenters. The number of benzene rings is 1. The molecule has 0 N–H and O–H groups in total. The van der Waals surface area contributed by atoms with Crippen molar-refractivity contribution in [2.75, 3.05) is 13.2 Å². The van der Waals surface area contributed by atoms with Crippen LogP contribution >= 0.6 is 0 Å². The number of hydrogen-bond donors (Lipinski definition) is 0. The molecule has 2 aromatic rings. The fourth-order valence-corrected chi connectivity index (χ4v) is 2.98. The molecule has 0 aliphatic carbocycles. The fourth-order valence-electron chi connectivity index (χ4n) is 2.98. The highest BCUT2D eigenvalue weighted by Crippen LogP contribution is 2.43. The van der Waals surface area contributed by atoms with Gasteiger partial charge < -0.3 is 4.74 Å². The highest BCUT2D eigenvalue weighted by molar-refractivity contribution is 5.84. The Balaban J connectivity index is 1.81. The number of ether oxygens (including phenoxy) is 1. The second kappa shape index (κ2) is 5.93. The average molecular weight is 299 g/mol. The van der Waals surface area contributed by atoms with E-state index in [4.69, 9.17) is 4.74 Å². The Morgan fingerprint density at radius 2 is 2.14 bits per heavy atom. The van der Waals surface area contributed by atoms with E-state index < -0.39 is 5.54 Å². The van der Waals surface area contributed by atoms with E-state index in [0.717, 1.165) is 0 Å². The molecule has 5 nitrogen and oxygen atoms in total. The third kappa shape index (κ3) is 2.64. The molecule has 0 amide bonds. The van der Waals surface area contributed by atoms with Gasteiger partial charge in [0, 0.05) is 25.0 Å². The number of rotatable bonds is 6. The Hall–Kier alpha value is -2.14. The summed E-state index contributed by atoms with van der Waals surface area (Å²) in [6.07, 6.45) is 3.61. The summed E-state index contributed by atoms with van der Waals surface area (Å²) in [5.41, 5.74) is 0.603. The summed E-state index contributed by atoms with van der Waals surface area (Å²) in [6.45, 7) is 5.58. The van der Waals surface area contributed by atoms with Crippen LogP contribution in [0, 0.1) is 0 Å². The molecule has 0 spiro atoms. The maximum atomic E-state index is 12.5. The Labute approximate surface area is 130 Å². The molecule has 1 aliphatic rings. The summed E-state index contributed by atoms with van der Waals surface area (Å²) in [7, 11) is 0. The molecule has 0 bridgehead atoms. The van der Waals surface area contributed by atoms with Crippen LogP contribution in [0.1, 0.15) is 25.5 Å². The zero-order valence-electron chi connectivity index (χ0n) is 13.0. The Morgan fingerprint density at radius 3 is 2.77 bits per heavy atom. The predicted octanol–water partition coefficient (Wildman–Crippen LogP) is 2.26. The second-order valence-corrected chi connectivity index (χ2v) is 5.67. The topological polar surface area (TPSA) is 47.1 Å². The molecule has 1 saturated heterocycles. The molecule has 1 aliphatic heterocycles. The van der Waals surface area contributed by atoms with Crippen LogP contribution in [-0.4, -0.2) is 39.3 Å². The van der Waals surface area contributed by atoms with Crippen molar-refractivity contribution < 1.29 is 9.53 Å². The van der Waals surface area contributed by atoms with Crippen molar-refractivity contribution in [1.29, 1.82) is 0 Å². The van der Waals surface area contributed by atoms with Gasteiger partial charge in [-0.1, -0.05) is 30.3 Å². The van der Waals surface area contributed by atoms with Gasteiger partial charge in [-0.2, -0.15) is 5.10 Å². The molecule has 3 atom stereocenters. The molecule has 1 fully saturated rings. The lowest BCUT2D eigenvalue weighted by molar-refractivity contribution is -0.148. The van der Waals surface area contributed by atoms with Crippen LogP contribution in [-0.2, 0) is 16.1 Å². The van der Waals surface area contributed by atoms with Gasteiger partial charge in [0.2, 0.25) is 0 Å². The maximum Gasteiger partial charge on any atom is 0.329 e. The van der Waals surface area contributed by atoms with Crippen molar-refractivity contribution in [3.8, 4) is 0 Å². The van der Waals surface area contributed by atoms with E-state index in [1.54, 1.807) is 10.9 Å². The molecule has 1 aromatic heterocycles. The maximum absolute atomic E-state index is 12.5. The van der Waals surface area contributed by atoms with Crippen LogP contribution in [0.3, 0.4) is 0 Å². The SMILES string of the molecule is CCOC(=O)C1(Cn2cccn2)CN1C(C)c1ccccc1. The van der Waals surface area contributed by atoms with Crippen LogP contribution in [0.15, 0.2) is 48.8 Å². The Bertz CT molecular complexity index is 627. The lowest BCUT2D eigenvalue weighted by Crippen LogP contribution is -2.37. The van der Waals surface area contributed by atoms with Gasteiger partial charge in [-0.15, -0.1) is 0 Å². The zero-order chi connectivity index (χ0) is 15.6. The largest absolute Gasteiger partial charge is 0.465 e. The van der Waals surface area contributed by atoms with Gasteiger partial charge in [-0.3, -0.25) is 9.58 Å².